The van der Waals surface area contributed by atoms with Crippen molar-refractivity contribution in [2.24, 2.45) is 5.73 Å². The fourth-order valence-corrected chi connectivity index (χ4v) is 2.78. The van der Waals surface area contributed by atoms with Crippen LogP contribution in [0.2, 0.25) is 0 Å². The highest BCUT2D eigenvalue weighted by Crippen LogP contribution is 2.44. The highest BCUT2D eigenvalue weighted by molar-refractivity contribution is 5.93. The second-order valence-corrected chi connectivity index (χ2v) is 4.96. The van der Waals surface area contributed by atoms with Crippen LogP contribution in [0, 0.1) is 0 Å². The van der Waals surface area contributed by atoms with Crippen molar-refractivity contribution in [3.05, 3.63) is 47.0 Å². The molecule has 0 heterocycles. The van der Waals surface area contributed by atoms with E-state index in [-0.39, 0.29) is 12.0 Å². The van der Waals surface area contributed by atoms with Crippen molar-refractivity contribution in [3.63, 3.8) is 0 Å². The Morgan fingerprint density at radius 1 is 1.15 bits per heavy atom. The zero-order valence-corrected chi connectivity index (χ0v) is 10.9. The molecule has 108 valence electrons. The van der Waals surface area contributed by atoms with Crippen LogP contribution in [0.5, 0.6) is 0 Å². The Bertz CT molecular complexity index is 520. The molecule has 1 aromatic rings. The van der Waals surface area contributed by atoms with Gasteiger partial charge in [-0.15, -0.1) is 0 Å². The summed E-state index contributed by atoms with van der Waals surface area (Å²) in [6.07, 6.45) is -2.84. The lowest BCUT2D eigenvalue weighted by atomic mass is 9.85. The number of carbonyl (C=O) groups excluding carboxylic acids is 1. The largest absolute Gasteiger partial charge is 0.413 e. The molecule has 20 heavy (non-hydrogen) atoms. The summed E-state index contributed by atoms with van der Waals surface area (Å²) in [6.45, 7) is 0. The topological polar surface area (TPSA) is 43.1 Å². The van der Waals surface area contributed by atoms with Gasteiger partial charge in [0.05, 0.1) is 0 Å². The number of allylic oxidation sites excluding steroid dienone is 1. The molecule has 0 aliphatic heterocycles. The number of benzene rings is 1. The van der Waals surface area contributed by atoms with Gasteiger partial charge in [0.2, 0.25) is 5.91 Å². The lowest BCUT2D eigenvalue weighted by molar-refractivity contribution is -0.117. The minimum atomic E-state index is -4.53. The van der Waals surface area contributed by atoms with Gasteiger partial charge >= 0.3 is 6.18 Å². The van der Waals surface area contributed by atoms with Crippen LogP contribution in [0.1, 0.15) is 37.2 Å². The van der Waals surface area contributed by atoms with E-state index < -0.39 is 23.6 Å². The summed E-state index contributed by atoms with van der Waals surface area (Å²) in [5.74, 6) is -1.76. The summed E-state index contributed by atoms with van der Waals surface area (Å²) < 4.78 is 40.2. The molecule has 2 N–H and O–H groups in total. The number of primary amides is 1. The minimum absolute atomic E-state index is 0.105. The number of carbonyl (C=O) groups is 1. The van der Waals surface area contributed by atoms with Crippen LogP contribution < -0.4 is 5.73 Å². The molecule has 1 aliphatic carbocycles. The Morgan fingerprint density at radius 3 is 2.35 bits per heavy atom. The molecule has 1 aliphatic rings. The SMILES string of the molecule is NC(=O)C1=C(C(F)(F)F)C(c2ccccc2)CCCC1. The van der Waals surface area contributed by atoms with Crippen molar-refractivity contribution in [2.45, 2.75) is 37.8 Å². The first-order valence-electron chi connectivity index (χ1n) is 6.56. The van der Waals surface area contributed by atoms with E-state index in [0.717, 1.165) is 0 Å². The van der Waals surface area contributed by atoms with Crippen molar-refractivity contribution in [1.82, 2.24) is 0 Å². The maximum absolute atomic E-state index is 13.4. The zero-order chi connectivity index (χ0) is 14.8. The first kappa shape index (κ1) is 14.6. The number of amides is 1. The van der Waals surface area contributed by atoms with Gasteiger partial charge in [0, 0.05) is 17.1 Å². The predicted octanol–water partition coefficient (Wildman–Crippen LogP) is 3.69. The zero-order valence-electron chi connectivity index (χ0n) is 10.9. The van der Waals surface area contributed by atoms with Gasteiger partial charge < -0.3 is 5.73 Å². The smallest absolute Gasteiger partial charge is 0.366 e. The molecule has 1 atom stereocenters. The number of nitrogens with two attached hydrogens (primary N) is 1. The van der Waals surface area contributed by atoms with Gasteiger partial charge in [-0.2, -0.15) is 13.2 Å². The third-order valence-electron chi connectivity index (χ3n) is 3.65. The maximum atomic E-state index is 13.4. The fraction of sp³-hybridized carbons (Fsp3) is 0.400. The molecule has 0 fully saturated rings. The van der Waals surface area contributed by atoms with Crippen molar-refractivity contribution in [1.29, 1.82) is 0 Å². The standard InChI is InChI=1S/C15H16F3NO/c16-15(17,18)13-11(10-6-2-1-3-7-10)8-4-5-9-12(13)14(19)20/h1-3,6-7,11H,4-5,8-9H2,(H2,19,20). The Labute approximate surface area is 115 Å². The molecular formula is C15H16F3NO. The second kappa shape index (κ2) is 5.69. The van der Waals surface area contributed by atoms with E-state index in [9.17, 15) is 18.0 Å². The normalized spacial score (nSPS) is 20.6. The van der Waals surface area contributed by atoms with Crippen LogP contribution in [0.3, 0.4) is 0 Å². The quantitative estimate of drug-likeness (QED) is 0.883. The number of hydrogen-bond donors (Lipinski definition) is 1. The van der Waals surface area contributed by atoms with Gasteiger partial charge in [0.25, 0.3) is 0 Å². The summed E-state index contributed by atoms with van der Waals surface area (Å²) in [5, 5.41) is 0. The highest BCUT2D eigenvalue weighted by atomic mass is 19.4. The third kappa shape index (κ3) is 3.03. The van der Waals surface area contributed by atoms with Crippen molar-refractivity contribution >= 4 is 5.91 Å². The minimum Gasteiger partial charge on any atom is -0.366 e. The molecule has 5 heteroatoms. The Morgan fingerprint density at radius 2 is 1.80 bits per heavy atom. The number of halogens is 3. The average molecular weight is 283 g/mol. The maximum Gasteiger partial charge on any atom is 0.413 e. The van der Waals surface area contributed by atoms with E-state index in [1.54, 1.807) is 30.3 Å². The first-order chi connectivity index (χ1) is 9.41. The van der Waals surface area contributed by atoms with Crippen LogP contribution in [0.4, 0.5) is 13.2 Å². The second-order valence-electron chi connectivity index (χ2n) is 4.96. The molecule has 0 saturated heterocycles. The van der Waals surface area contributed by atoms with Gasteiger partial charge in [-0.1, -0.05) is 36.8 Å². The van der Waals surface area contributed by atoms with E-state index >= 15 is 0 Å². The highest BCUT2D eigenvalue weighted by Gasteiger charge is 2.43. The van der Waals surface area contributed by atoms with E-state index in [4.69, 9.17) is 5.73 Å². The Kier molecular flexibility index (Phi) is 4.16. The summed E-state index contributed by atoms with van der Waals surface area (Å²) >= 11 is 0. The van der Waals surface area contributed by atoms with Crippen LogP contribution in [0.15, 0.2) is 41.5 Å². The number of alkyl halides is 3. The number of hydrogen-bond acceptors (Lipinski definition) is 1. The molecule has 2 rings (SSSR count). The molecule has 0 bridgehead atoms. The van der Waals surface area contributed by atoms with E-state index in [0.29, 0.717) is 24.8 Å². The molecule has 2 nitrogen and oxygen atoms in total. The van der Waals surface area contributed by atoms with Crippen molar-refractivity contribution in [3.8, 4) is 0 Å². The van der Waals surface area contributed by atoms with E-state index in [1.807, 2.05) is 0 Å². The van der Waals surface area contributed by atoms with Crippen LogP contribution in [-0.4, -0.2) is 12.1 Å². The fourth-order valence-electron chi connectivity index (χ4n) is 2.78. The first-order valence-corrected chi connectivity index (χ1v) is 6.56. The monoisotopic (exact) mass is 283 g/mol. The summed E-state index contributed by atoms with van der Waals surface area (Å²) in [4.78, 5) is 11.4. The number of rotatable bonds is 2. The lowest BCUT2D eigenvalue weighted by Gasteiger charge is -2.23. The summed E-state index contributed by atoms with van der Waals surface area (Å²) in [7, 11) is 0. The van der Waals surface area contributed by atoms with E-state index in [2.05, 4.69) is 0 Å². The van der Waals surface area contributed by atoms with Gasteiger partial charge in [-0.3, -0.25) is 4.79 Å². The van der Waals surface area contributed by atoms with Crippen molar-refractivity contribution in [2.75, 3.05) is 0 Å². The molecule has 0 aromatic heterocycles. The van der Waals surface area contributed by atoms with E-state index in [1.165, 1.54) is 0 Å². The Balaban J connectivity index is 2.58. The molecule has 1 aromatic carbocycles. The van der Waals surface area contributed by atoms with Gasteiger partial charge in [-0.25, -0.2) is 0 Å². The van der Waals surface area contributed by atoms with Crippen molar-refractivity contribution < 1.29 is 18.0 Å². The Hall–Kier alpha value is -1.78. The molecule has 0 radical (unpaired) electrons. The molecule has 0 spiro atoms. The van der Waals surface area contributed by atoms with Crippen LogP contribution in [0.25, 0.3) is 0 Å². The summed E-state index contributed by atoms with van der Waals surface area (Å²) in [6, 6.07) is 8.50. The molecular weight excluding hydrogens is 267 g/mol. The van der Waals surface area contributed by atoms with Gasteiger partial charge in [0.1, 0.15) is 0 Å². The predicted molar refractivity (Wildman–Crippen MR) is 69.9 cm³/mol. The van der Waals surface area contributed by atoms with Gasteiger partial charge in [-0.05, 0) is 24.8 Å². The van der Waals surface area contributed by atoms with Crippen LogP contribution >= 0.6 is 0 Å². The average Bonchev–Trinajstić information content (AvgIpc) is 2.61. The molecule has 1 unspecified atom stereocenters. The molecule has 1 amide bonds. The van der Waals surface area contributed by atoms with Gasteiger partial charge in [0.15, 0.2) is 0 Å². The third-order valence-corrected chi connectivity index (χ3v) is 3.65. The lowest BCUT2D eigenvalue weighted by Crippen LogP contribution is -2.25. The molecule has 0 saturated carbocycles. The summed E-state index contributed by atoms with van der Waals surface area (Å²) in [5.41, 5.74) is 4.73. The van der Waals surface area contributed by atoms with Crippen LogP contribution in [-0.2, 0) is 4.79 Å².